The summed E-state index contributed by atoms with van der Waals surface area (Å²) in [7, 11) is 0. The number of hydrogen-bond acceptors (Lipinski definition) is 3. The molecular formula is C16H26N2O. The highest BCUT2D eigenvalue weighted by Gasteiger charge is 2.28. The van der Waals surface area contributed by atoms with Gasteiger partial charge in [-0.05, 0) is 56.5 Å². The Morgan fingerprint density at radius 1 is 1.32 bits per heavy atom. The first-order valence-electron chi connectivity index (χ1n) is 7.51. The van der Waals surface area contributed by atoms with Crippen LogP contribution in [0, 0.1) is 0 Å². The second kappa shape index (κ2) is 6.92. The molecule has 1 heterocycles. The van der Waals surface area contributed by atoms with Gasteiger partial charge in [0.05, 0.1) is 0 Å². The molecule has 3 heteroatoms. The summed E-state index contributed by atoms with van der Waals surface area (Å²) in [5, 5.41) is 9.43. The van der Waals surface area contributed by atoms with Crippen LogP contribution in [-0.2, 0) is 0 Å². The van der Waals surface area contributed by atoms with Crippen LogP contribution in [0.2, 0.25) is 0 Å². The number of piperidine rings is 1. The number of hydrogen-bond donors (Lipinski definition) is 2. The lowest BCUT2D eigenvalue weighted by molar-refractivity contribution is 0.0871. The second-order valence-corrected chi connectivity index (χ2v) is 5.48. The van der Waals surface area contributed by atoms with Crippen LogP contribution in [0.3, 0.4) is 0 Å². The van der Waals surface area contributed by atoms with Gasteiger partial charge in [0.25, 0.3) is 0 Å². The molecule has 0 amide bonds. The summed E-state index contributed by atoms with van der Waals surface area (Å²) in [6, 6.07) is 8.77. The van der Waals surface area contributed by atoms with Gasteiger partial charge >= 0.3 is 0 Å². The van der Waals surface area contributed by atoms with E-state index in [9.17, 15) is 5.11 Å². The maximum atomic E-state index is 9.43. The minimum absolute atomic E-state index is 0.343. The predicted octanol–water partition coefficient (Wildman–Crippen LogP) is 3.05. The van der Waals surface area contributed by atoms with Crippen molar-refractivity contribution in [3.8, 4) is 5.75 Å². The average Bonchev–Trinajstić information content (AvgIpc) is 2.44. The molecule has 0 saturated carbocycles. The molecule has 106 valence electrons. The molecule has 0 bridgehead atoms. The summed E-state index contributed by atoms with van der Waals surface area (Å²) >= 11 is 0. The van der Waals surface area contributed by atoms with Crippen molar-refractivity contribution in [2.75, 3.05) is 13.1 Å². The topological polar surface area (TPSA) is 49.5 Å². The lowest BCUT2D eigenvalue weighted by atomic mass is 9.93. The normalized spacial score (nSPS) is 22.3. The molecule has 0 aliphatic carbocycles. The van der Waals surface area contributed by atoms with E-state index in [-0.39, 0.29) is 0 Å². The zero-order valence-corrected chi connectivity index (χ0v) is 11.9. The van der Waals surface area contributed by atoms with Crippen molar-refractivity contribution in [1.82, 2.24) is 4.90 Å². The van der Waals surface area contributed by atoms with Crippen molar-refractivity contribution in [1.29, 1.82) is 0 Å². The molecule has 1 saturated heterocycles. The van der Waals surface area contributed by atoms with Crippen molar-refractivity contribution >= 4 is 0 Å². The number of nitrogens with zero attached hydrogens (tertiary/aromatic N) is 1. The quantitative estimate of drug-likeness (QED) is 0.857. The summed E-state index contributed by atoms with van der Waals surface area (Å²) in [5.41, 5.74) is 7.07. The molecule has 1 fully saturated rings. The zero-order chi connectivity index (χ0) is 13.7. The van der Waals surface area contributed by atoms with Gasteiger partial charge in [-0.1, -0.05) is 25.5 Å². The summed E-state index contributed by atoms with van der Waals surface area (Å²) in [6.45, 7) is 4.18. The maximum Gasteiger partial charge on any atom is 0.115 e. The van der Waals surface area contributed by atoms with E-state index < -0.39 is 0 Å². The van der Waals surface area contributed by atoms with Crippen molar-refractivity contribution in [2.45, 2.75) is 51.1 Å². The molecule has 1 aromatic rings. The third kappa shape index (κ3) is 3.48. The first kappa shape index (κ1) is 14.4. The average molecular weight is 262 g/mol. The monoisotopic (exact) mass is 262 g/mol. The first-order chi connectivity index (χ1) is 9.26. The van der Waals surface area contributed by atoms with Crippen LogP contribution in [0.5, 0.6) is 5.75 Å². The Bertz CT molecular complexity index is 375. The van der Waals surface area contributed by atoms with E-state index in [1.165, 1.54) is 31.4 Å². The number of phenolic OH excluding ortho intramolecular Hbond substituents is 1. The molecule has 0 radical (unpaired) electrons. The fourth-order valence-corrected chi connectivity index (χ4v) is 3.29. The number of phenols is 1. The van der Waals surface area contributed by atoms with Gasteiger partial charge in [-0.25, -0.2) is 0 Å². The number of rotatable bonds is 5. The number of likely N-dealkylation sites (tertiary alicyclic amines) is 1. The van der Waals surface area contributed by atoms with Gasteiger partial charge in [-0.2, -0.15) is 0 Å². The number of nitrogens with two attached hydrogens (primary N) is 1. The minimum atomic E-state index is 0.343. The summed E-state index contributed by atoms with van der Waals surface area (Å²) < 4.78 is 0. The number of benzene rings is 1. The van der Waals surface area contributed by atoms with Crippen LogP contribution in [-0.4, -0.2) is 29.1 Å². The molecule has 2 rings (SSSR count). The summed E-state index contributed by atoms with van der Waals surface area (Å²) in [4.78, 5) is 2.63. The molecule has 1 aliphatic heterocycles. The van der Waals surface area contributed by atoms with Crippen LogP contribution in [0.1, 0.15) is 50.6 Å². The molecule has 19 heavy (non-hydrogen) atoms. The molecule has 1 aromatic carbocycles. The van der Waals surface area contributed by atoms with E-state index >= 15 is 0 Å². The van der Waals surface area contributed by atoms with E-state index in [2.05, 4.69) is 24.0 Å². The Morgan fingerprint density at radius 3 is 2.68 bits per heavy atom. The van der Waals surface area contributed by atoms with E-state index in [0.29, 0.717) is 17.8 Å². The maximum absolute atomic E-state index is 9.43. The highest BCUT2D eigenvalue weighted by molar-refractivity contribution is 5.28. The van der Waals surface area contributed by atoms with E-state index in [4.69, 9.17) is 5.73 Å². The first-order valence-corrected chi connectivity index (χ1v) is 7.51. The van der Waals surface area contributed by atoms with Gasteiger partial charge in [-0.3, -0.25) is 4.90 Å². The van der Waals surface area contributed by atoms with Crippen LogP contribution in [0.15, 0.2) is 24.3 Å². The Kier molecular flexibility index (Phi) is 5.23. The molecule has 1 aliphatic rings. The summed E-state index contributed by atoms with van der Waals surface area (Å²) in [6.07, 6.45) is 6.08. The Morgan fingerprint density at radius 2 is 2.05 bits per heavy atom. The smallest absolute Gasteiger partial charge is 0.115 e. The predicted molar refractivity (Wildman–Crippen MR) is 79.2 cm³/mol. The lowest BCUT2D eigenvalue weighted by Gasteiger charge is -2.41. The molecule has 0 aromatic heterocycles. The van der Waals surface area contributed by atoms with Gasteiger partial charge in [0, 0.05) is 12.1 Å². The van der Waals surface area contributed by atoms with Crippen molar-refractivity contribution < 1.29 is 5.11 Å². The van der Waals surface area contributed by atoms with Gasteiger partial charge in [0.2, 0.25) is 0 Å². The fraction of sp³-hybridized carbons (Fsp3) is 0.625. The van der Waals surface area contributed by atoms with Crippen molar-refractivity contribution in [3.63, 3.8) is 0 Å². The molecule has 2 atom stereocenters. The third-order valence-corrected chi connectivity index (χ3v) is 4.24. The van der Waals surface area contributed by atoms with E-state index in [0.717, 1.165) is 19.4 Å². The molecule has 3 N–H and O–H groups in total. The van der Waals surface area contributed by atoms with E-state index in [1.54, 1.807) is 12.1 Å². The van der Waals surface area contributed by atoms with Crippen LogP contribution < -0.4 is 5.73 Å². The molecule has 0 spiro atoms. The van der Waals surface area contributed by atoms with Crippen LogP contribution in [0.25, 0.3) is 0 Å². The molecule has 2 unspecified atom stereocenters. The third-order valence-electron chi connectivity index (χ3n) is 4.24. The Labute approximate surface area is 116 Å². The van der Waals surface area contributed by atoms with Gasteiger partial charge in [-0.15, -0.1) is 0 Å². The minimum Gasteiger partial charge on any atom is -0.508 e. The molecule has 3 nitrogen and oxygen atoms in total. The Hall–Kier alpha value is -1.06. The SMILES string of the molecule is CCC(c1ccc(O)cc1)N1CCCCC1CCN. The van der Waals surface area contributed by atoms with Gasteiger partial charge < -0.3 is 10.8 Å². The second-order valence-electron chi connectivity index (χ2n) is 5.48. The fourth-order valence-electron chi connectivity index (χ4n) is 3.29. The highest BCUT2D eigenvalue weighted by atomic mass is 16.3. The number of aromatic hydroxyl groups is 1. The van der Waals surface area contributed by atoms with Crippen LogP contribution >= 0.6 is 0 Å². The van der Waals surface area contributed by atoms with Crippen molar-refractivity contribution in [2.24, 2.45) is 5.73 Å². The highest BCUT2D eigenvalue weighted by Crippen LogP contribution is 2.32. The lowest BCUT2D eigenvalue weighted by Crippen LogP contribution is -2.42. The van der Waals surface area contributed by atoms with Crippen molar-refractivity contribution in [3.05, 3.63) is 29.8 Å². The standard InChI is InChI=1S/C16H26N2O/c1-2-16(13-6-8-15(19)9-7-13)18-12-4-3-5-14(18)10-11-17/h6-9,14,16,19H,2-5,10-12,17H2,1H3. The van der Waals surface area contributed by atoms with Gasteiger partial charge in [0.1, 0.15) is 5.75 Å². The largest absolute Gasteiger partial charge is 0.508 e. The van der Waals surface area contributed by atoms with Gasteiger partial charge in [0.15, 0.2) is 0 Å². The Balaban J connectivity index is 2.16. The molecular weight excluding hydrogens is 236 g/mol. The summed E-state index contributed by atoms with van der Waals surface area (Å²) in [5.74, 6) is 0.343. The van der Waals surface area contributed by atoms with E-state index in [1.807, 2.05) is 0 Å². The zero-order valence-electron chi connectivity index (χ0n) is 11.9. The van der Waals surface area contributed by atoms with Crippen LogP contribution in [0.4, 0.5) is 0 Å².